The minimum absolute atomic E-state index is 0.278. The van der Waals surface area contributed by atoms with Crippen LogP contribution in [0.2, 0.25) is 0 Å². The molecule has 0 fully saturated rings. The Morgan fingerprint density at radius 1 is 1.06 bits per heavy atom. The van der Waals surface area contributed by atoms with Crippen molar-refractivity contribution in [3.8, 4) is 0 Å². The molecule has 18 heavy (non-hydrogen) atoms. The van der Waals surface area contributed by atoms with Gasteiger partial charge in [-0.2, -0.15) is 0 Å². The van der Waals surface area contributed by atoms with E-state index in [1.807, 2.05) is 11.0 Å². The number of anilines is 2. The van der Waals surface area contributed by atoms with E-state index in [4.69, 9.17) is 5.73 Å². The summed E-state index contributed by atoms with van der Waals surface area (Å²) in [5, 5.41) is 0. The summed E-state index contributed by atoms with van der Waals surface area (Å²) in [5.41, 5.74) is 7.44. The van der Waals surface area contributed by atoms with Gasteiger partial charge in [-0.25, -0.2) is 8.78 Å². The molecule has 0 amide bonds. The maximum absolute atomic E-state index is 13.2. The van der Waals surface area contributed by atoms with Gasteiger partial charge in [0.05, 0.1) is 0 Å². The molecule has 0 atom stereocenters. The van der Waals surface area contributed by atoms with Crippen LogP contribution in [-0.4, -0.2) is 7.05 Å². The highest BCUT2D eigenvalue weighted by Gasteiger charge is 2.05. The Balaban J connectivity index is 2.19. The number of rotatable bonds is 3. The lowest BCUT2D eigenvalue weighted by molar-refractivity contribution is 0.624. The third kappa shape index (κ3) is 2.97. The minimum Gasteiger partial charge on any atom is -0.399 e. The number of nitrogen functional groups attached to an aromatic ring is 1. The van der Waals surface area contributed by atoms with Crippen LogP contribution in [0.25, 0.3) is 0 Å². The van der Waals surface area contributed by atoms with E-state index in [0.29, 0.717) is 17.9 Å². The molecule has 0 aromatic heterocycles. The molecule has 2 rings (SSSR count). The van der Waals surface area contributed by atoms with Gasteiger partial charge in [0.2, 0.25) is 0 Å². The van der Waals surface area contributed by atoms with Gasteiger partial charge in [-0.3, -0.25) is 0 Å². The molecule has 0 aliphatic carbocycles. The zero-order valence-corrected chi connectivity index (χ0v) is 10.0. The van der Waals surface area contributed by atoms with Crippen molar-refractivity contribution in [2.75, 3.05) is 17.7 Å². The van der Waals surface area contributed by atoms with E-state index in [9.17, 15) is 8.78 Å². The van der Waals surface area contributed by atoms with E-state index in [2.05, 4.69) is 0 Å². The molecule has 0 spiro atoms. The Kier molecular flexibility index (Phi) is 3.46. The van der Waals surface area contributed by atoms with Crippen molar-refractivity contribution in [1.82, 2.24) is 0 Å². The minimum atomic E-state index is -0.379. The van der Waals surface area contributed by atoms with Crippen LogP contribution < -0.4 is 10.6 Å². The van der Waals surface area contributed by atoms with Gasteiger partial charge in [-0.05, 0) is 35.9 Å². The Morgan fingerprint density at radius 3 is 2.50 bits per heavy atom. The summed E-state index contributed by atoms with van der Waals surface area (Å²) in [4.78, 5) is 1.81. The SMILES string of the molecule is CN(Cc1cccc(F)c1)c1cc(N)cc(F)c1. The van der Waals surface area contributed by atoms with E-state index in [1.54, 1.807) is 19.2 Å². The predicted octanol–water partition coefficient (Wildman–Crippen LogP) is 3.18. The van der Waals surface area contributed by atoms with Crippen LogP contribution in [0, 0.1) is 11.6 Å². The van der Waals surface area contributed by atoms with Crippen molar-refractivity contribution >= 4 is 11.4 Å². The van der Waals surface area contributed by atoms with Gasteiger partial charge in [-0.15, -0.1) is 0 Å². The summed E-state index contributed by atoms with van der Waals surface area (Å²) >= 11 is 0. The predicted molar refractivity (Wildman–Crippen MR) is 69.3 cm³/mol. The first-order chi connectivity index (χ1) is 8.54. The molecule has 0 saturated carbocycles. The first kappa shape index (κ1) is 12.4. The number of nitrogens with two attached hydrogens (primary N) is 1. The Morgan fingerprint density at radius 2 is 1.83 bits per heavy atom. The average molecular weight is 248 g/mol. The van der Waals surface area contributed by atoms with Crippen LogP contribution in [0.4, 0.5) is 20.2 Å². The van der Waals surface area contributed by atoms with Gasteiger partial charge < -0.3 is 10.6 Å². The van der Waals surface area contributed by atoms with Crippen LogP contribution in [0.5, 0.6) is 0 Å². The Labute approximate surface area is 105 Å². The van der Waals surface area contributed by atoms with Crippen molar-refractivity contribution < 1.29 is 8.78 Å². The van der Waals surface area contributed by atoms with Gasteiger partial charge >= 0.3 is 0 Å². The van der Waals surface area contributed by atoms with E-state index in [0.717, 1.165) is 5.56 Å². The molecule has 0 saturated heterocycles. The fourth-order valence-corrected chi connectivity index (χ4v) is 1.82. The molecular formula is C14H14F2N2. The molecule has 2 nitrogen and oxygen atoms in total. The van der Waals surface area contributed by atoms with Crippen LogP contribution in [0.3, 0.4) is 0 Å². The second-order valence-corrected chi connectivity index (χ2v) is 4.23. The molecular weight excluding hydrogens is 234 g/mol. The first-order valence-electron chi connectivity index (χ1n) is 5.56. The lowest BCUT2D eigenvalue weighted by Crippen LogP contribution is -2.16. The van der Waals surface area contributed by atoms with E-state index in [1.165, 1.54) is 24.3 Å². The number of hydrogen-bond acceptors (Lipinski definition) is 2. The van der Waals surface area contributed by atoms with Gasteiger partial charge in [0.1, 0.15) is 11.6 Å². The third-order valence-electron chi connectivity index (χ3n) is 2.65. The smallest absolute Gasteiger partial charge is 0.127 e. The summed E-state index contributed by atoms with van der Waals surface area (Å²) in [6, 6.07) is 10.7. The molecule has 94 valence electrons. The lowest BCUT2D eigenvalue weighted by Gasteiger charge is -2.20. The van der Waals surface area contributed by atoms with E-state index < -0.39 is 0 Å². The van der Waals surface area contributed by atoms with E-state index in [-0.39, 0.29) is 11.6 Å². The van der Waals surface area contributed by atoms with Crippen molar-refractivity contribution in [3.63, 3.8) is 0 Å². The number of hydrogen-bond donors (Lipinski definition) is 1. The number of benzene rings is 2. The van der Waals surface area contributed by atoms with Gasteiger partial charge in [0, 0.05) is 25.0 Å². The largest absolute Gasteiger partial charge is 0.399 e. The quantitative estimate of drug-likeness (QED) is 0.845. The van der Waals surface area contributed by atoms with Crippen molar-refractivity contribution in [3.05, 3.63) is 59.7 Å². The number of halogens is 2. The fourth-order valence-electron chi connectivity index (χ4n) is 1.82. The molecule has 0 heterocycles. The third-order valence-corrected chi connectivity index (χ3v) is 2.65. The second kappa shape index (κ2) is 5.04. The molecule has 0 radical (unpaired) electrons. The fraction of sp³-hybridized carbons (Fsp3) is 0.143. The molecule has 4 heteroatoms. The highest BCUT2D eigenvalue weighted by Crippen LogP contribution is 2.20. The summed E-state index contributed by atoms with van der Waals surface area (Å²) < 4.78 is 26.3. The molecule has 2 N–H and O–H groups in total. The maximum Gasteiger partial charge on any atom is 0.127 e. The summed E-state index contributed by atoms with van der Waals surface area (Å²) in [6.07, 6.45) is 0. The maximum atomic E-state index is 13.2. The van der Waals surface area contributed by atoms with Crippen LogP contribution in [-0.2, 0) is 6.54 Å². The molecule has 2 aromatic rings. The zero-order valence-electron chi connectivity index (χ0n) is 10.0. The van der Waals surface area contributed by atoms with Gasteiger partial charge in [0.15, 0.2) is 0 Å². The van der Waals surface area contributed by atoms with Crippen molar-refractivity contribution in [2.45, 2.75) is 6.54 Å². The lowest BCUT2D eigenvalue weighted by atomic mass is 10.2. The van der Waals surface area contributed by atoms with E-state index >= 15 is 0 Å². The standard InChI is InChI=1S/C14H14F2N2/c1-18(9-10-3-2-4-11(15)5-10)14-7-12(16)6-13(17)8-14/h2-8H,9,17H2,1H3. The second-order valence-electron chi connectivity index (χ2n) is 4.23. The highest BCUT2D eigenvalue weighted by molar-refractivity contribution is 5.56. The van der Waals surface area contributed by atoms with Crippen LogP contribution in [0.1, 0.15) is 5.56 Å². The van der Waals surface area contributed by atoms with Crippen molar-refractivity contribution in [1.29, 1.82) is 0 Å². The number of nitrogens with zero attached hydrogens (tertiary/aromatic N) is 1. The van der Waals surface area contributed by atoms with Gasteiger partial charge in [-0.1, -0.05) is 12.1 Å². The van der Waals surface area contributed by atoms with Crippen LogP contribution in [0.15, 0.2) is 42.5 Å². The monoisotopic (exact) mass is 248 g/mol. The molecule has 0 aliphatic rings. The normalized spacial score (nSPS) is 10.4. The summed E-state index contributed by atoms with van der Waals surface area (Å²) in [5.74, 6) is -0.657. The molecule has 0 unspecified atom stereocenters. The highest BCUT2D eigenvalue weighted by atomic mass is 19.1. The van der Waals surface area contributed by atoms with Crippen LogP contribution >= 0.6 is 0 Å². The Hall–Kier alpha value is -2.10. The molecule has 2 aromatic carbocycles. The van der Waals surface area contributed by atoms with Gasteiger partial charge in [0.25, 0.3) is 0 Å². The summed E-state index contributed by atoms with van der Waals surface area (Å²) in [6.45, 7) is 0.487. The topological polar surface area (TPSA) is 29.3 Å². The average Bonchev–Trinajstić information content (AvgIpc) is 2.27. The first-order valence-corrected chi connectivity index (χ1v) is 5.56. The summed E-state index contributed by atoms with van der Waals surface area (Å²) in [7, 11) is 1.80. The molecule has 0 aliphatic heterocycles. The molecule has 0 bridgehead atoms. The Bertz CT molecular complexity index is 535. The van der Waals surface area contributed by atoms with Crippen molar-refractivity contribution in [2.24, 2.45) is 0 Å². The zero-order chi connectivity index (χ0) is 13.1.